The van der Waals surface area contributed by atoms with Crippen molar-refractivity contribution in [2.45, 2.75) is 71.1 Å². The van der Waals surface area contributed by atoms with Crippen molar-refractivity contribution >= 4 is 32.7 Å². The summed E-state index contributed by atoms with van der Waals surface area (Å²) in [6.45, 7) is 5.52. The molecule has 0 saturated heterocycles. The van der Waals surface area contributed by atoms with Gasteiger partial charge in [0.1, 0.15) is 11.3 Å². The highest BCUT2D eigenvalue weighted by Gasteiger charge is 2.32. The van der Waals surface area contributed by atoms with Gasteiger partial charge in [0.15, 0.2) is 17.5 Å². The summed E-state index contributed by atoms with van der Waals surface area (Å²) in [5.74, 6) is -6.00. The second-order valence-corrected chi connectivity index (χ2v) is 12.4. The van der Waals surface area contributed by atoms with Crippen LogP contribution < -0.4 is 15.6 Å². The third-order valence-corrected chi connectivity index (χ3v) is 8.26. The Morgan fingerprint density at radius 1 is 1.05 bits per heavy atom. The largest absolute Gasteiger partial charge is 0.390 e. The summed E-state index contributed by atoms with van der Waals surface area (Å²) >= 11 is 0. The molecule has 0 amide bonds. The zero-order valence-corrected chi connectivity index (χ0v) is 23.3. The maximum Gasteiger partial charge on any atom is 0.390 e. The second kappa shape index (κ2) is 11.5. The van der Waals surface area contributed by atoms with E-state index in [9.17, 15) is 35.2 Å². The predicted molar refractivity (Wildman–Crippen MR) is 143 cm³/mol. The Balaban J connectivity index is 1.74. The highest BCUT2D eigenvalue weighted by Crippen LogP contribution is 2.33. The number of hydrogen-bond donors (Lipinski definition) is 2. The van der Waals surface area contributed by atoms with E-state index in [1.165, 1.54) is 21.6 Å². The average molecular weight is 606 g/mol. The lowest BCUT2D eigenvalue weighted by Crippen LogP contribution is -2.28. The molecule has 1 aliphatic rings. The van der Waals surface area contributed by atoms with Crippen molar-refractivity contribution in [3.8, 4) is 11.1 Å². The Morgan fingerprint density at radius 2 is 1.71 bits per heavy atom. The van der Waals surface area contributed by atoms with E-state index in [1.54, 1.807) is 13.8 Å². The van der Waals surface area contributed by atoms with E-state index in [0.717, 1.165) is 25.7 Å². The molecule has 2 aromatic heterocycles. The van der Waals surface area contributed by atoms with Crippen LogP contribution in [-0.4, -0.2) is 40.9 Å². The van der Waals surface area contributed by atoms with Gasteiger partial charge in [-0.05, 0) is 57.6 Å². The lowest BCUT2D eigenvalue weighted by molar-refractivity contribution is -0.129. The third-order valence-electron chi connectivity index (χ3n) is 7.00. The molecule has 1 saturated carbocycles. The van der Waals surface area contributed by atoms with Crippen molar-refractivity contribution in [2.75, 3.05) is 15.8 Å². The molecule has 0 unspecified atom stereocenters. The van der Waals surface area contributed by atoms with Gasteiger partial charge in [-0.3, -0.25) is 14.1 Å². The van der Waals surface area contributed by atoms with Crippen LogP contribution in [0.15, 0.2) is 23.1 Å². The molecule has 0 spiro atoms. The quantitative estimate of drug-likeness (QED) is 0.236. The van der Waals surface area contributed by atoms with Gasteiger partial charge >= 0.3 is 6.18 Å². The number of aromatic nitrogens is 3. The molecular formula is C26H29F6N5O3S. The molecule has 0 atom stereocenters. The number of fused-ring (bicyclic) bond motifs is 1. The van der Waals surface area contributed by atoms with Gasteiger partial charge in [-0.15, -0.1) is 0 Å². The first-order valence-corrected chi connectivity index (χ1v) is 14.7. The van der Waals surface area contributed by atoms with E-state index in [2.05, 4.69) is 22.2 Å². The summed E-state index contributed by atoms with van der Waals surface area (Å²) in [7, 11) is -4.88. The van der Waals surface area contributed by atoms with Crippen molar-refractivity contribution in [3.63, 3.8) is 0 Å². The summed E-state index contributed by atoms with van der Waals surface area (Å²) in [4.78, 5) is 22.3. The number of halogens is 6. The topological polar surface area (TPSA) is 106 Å². The van der Waals surface area contributed by atoms with E-state index in [4.69, 9.17) is 0 Å². The van der Waals surface area contributed by atoms with Gasteiger partial charge in [0.25, 0.3) is 5.56 Å². The SMILES string of the molecule is CC(C)n1c(=O)c(-c2cc(F)c(NS(=O)(=O)CCC(F)(F)F)c(F)c2F)cc2cnc(N[C@H]3CC[C@@H](C)CC3)nc21. The summed E-state index contributed by atoms with van der Waals surface area (Å²) in [6, 6.07) is 1.23. The second-order valence-electron chi connectivity index (χ2n) is 10.6. The van der Waals surface area contributed by atoms with Crippen LogP contribution in [0.25, 0.3) is 22.2 Å². The van der Waals surface area contributed by atoms with Crippen LogP contribution in [-0.2, 0) is 10.0 Å². The number of alkyl halides is 3. The fourth-order valence-electron chi connectivity index (χ4n) is 4.79. The molecule has 3 aromatic rings. The van der Waals surface area contributed by atoms with Crippen LogP contribution in [0.2, 0.25) is 0 Å². The lowest BCUT2D eigenvalue weighted by atomic mass is 9.87. The zero-order valence-electron chi connectivity index (χ0n) is 22.4. The van der Waals surface area contributed by atoms with Gasteiger partial charge < -0.3 is 5.32 Å². The van der Waals surface area contributed by atoms with Crippen molar-refractivity contribution < 1.29 is 34.8 Å². The smallest absolute Gasteiger partial charge is 0.351 e. The van der Waals surface area contributed by atoms with Crippen molar-refractivity contribution in [1.29, 1.82) is 0 Å². The lowest BCUT2D eigenvalue weighted by Gasteiger charge is -2.27. The van der Waals surface area contributed by atoms with Crippen LogP contribution in [0.4, 0.5) is 38.0 Å². The van der Waals surface area contributed by atoms with E-state index >= 15 is 4.39 Å². The van der Waals surface area contributed by atoms with Gasteiger partial charge in [-0.1, -0.05) is 6.92 Å². The number of anilines is 2. The van der Waals surface area contributed by atoms with Crippen molar-refractivity contribution in [1.82, 2.24) is 14.5 Å². The molecule has 1 fully saturated rings. The van der Waals surface area contributed by atoms with E-state index in [0.29, 0.717) is 17.9 Å². The molecule has 224 valence electrons. The Bertz CT molecular complexity index is 1620. The molecule has 0 bridgehead atoms. The molecule has 1 aromatic carbocycles. The van der Waals surface area contributed by atoms with Crippen LogP contribution in [0.1, 0.15) is 58.9 Å². The third kappa shape index (κ3) is 6.93. The van der Waals surface area contributed by atoms with Gasteiger partial charge in [-0.25, -0.2) is 26.6 Å². The summed E-state index contributed by atoms with van der Waals surface area (Å²) in [5.41, 5.74) is -3.35. The Labute approximate surface area is 232 Å². The molecule has 0 radical (unpaired) electrons. The Kier molecular flexibility index (Phi) is 8.58. The Morgan fingerprint density at radius 3 is 2.32 bits per heavy atom. The number of nitrogens with one attached hydrogen (secondary N) is 2. The maximum absolute atomic E-state index is 15.2. The molecule has 4 rings (SSSR count). The minimum atomic E-state index is -4.88. The standard InChI is InChI=1S/C26H29F6N5O3S/c1-13(2)37-23-15(12-33-25(35-23)34-16-6-4-14(3)5-7-16)10-18(24(37)38)17-11-19(27)22(21(29)20(17)28)36-41(39,40)9-8-26(30,31)32/h10-14,16,36H,4-9H2,1-3H3,(H,33,34,35)/t14-,16+. The predicted octanol–water partition coefficient (Wildman–Crippen LogP) is 6.14. The molecule has 0 aliphatic heterocycles. The first kappa shape index (κ1) is 30.6. The van der Waals surface area contributed by atoms with Crippen LogP contribution in [0.5, 0.6) is 0 Å². The normalized spacial score (nSPS) is 18.2. The first-order valence-electron chi connectivity index (χ1n) is 13.0. The van der Waals surface area contributed by atoms with E-state index in [-0.39, 0.29) is 17.1 Å². The molecular weight excluding hydrogens is 576 g/mol. The highest BCUT2D eigenvalue weighted by molar-refractivity contribution is 7.92. The van der Waals surface area contributed by atoms with Gasteiger partial charge in [0, 0.05) is 29.2 Å². The molecule has 2 N–H and O–H groups in total. The van der Waals surface area contributed by atoms with Crippen LogP contribution >= 0.6 is 0 Å². The number of pyridine rings is 1. The minimum absolute atomic E-state index is 0.159. The minimum Gasteiger partial charge on any atom is -0.351 e. The maximum atomic E-state index is 15.2. The summed E-state index contributed by atoms with van der Waals surface area (Å²) < 4.78 is 109. The van der Waals surface area contributed by atoms with E-state index < -0.39 is 74.2 Å². The van der Waals surface area contributed by atoms with Crippen molar-refractivity contribution in [3.05, 3.63) is 46.1 Å². The van der Waals surface area contributed by atoms with Crippen molar-refractivity contribution in [2.24, 2.45) is 5.92 Å². The molecule has 1 aliphatic carbocycles. The summed E-state index contributed by atoms with van der Waals surface area (Å²) in [6.07, 6.45) is -1.26. The molecule has 15 heteroatoms. The highest BCUT2D eigenvalue weighted by atomic mass is 32.2. The zero-order chi connectivity index (χ0) is 30.3. The Hall–Kier alpha value is -3.36. The fourth-order valence-corrected chi connectivity index (χ4v) is 5.89. The van der Waals surface area contributed by atoms with Crippen LogP contribution in [0, 0.1) is 23.4 Å². The van der Waals surface area contributed by atoms with Gasteiger partial charge in [-0.2, -0.15) is 18.2 Å². The fraction of sp³-hybridized carbons (Fsp3) is 0.500. The van der Waals surface area contributed by atoms with Gasteiger partial charge in [0.2, 0.25) is 16.0 Å². The number of sulfonamides is 1. The van der Waals surface area contributed by atoms with Crippen LogP contribution in [0.3, 0.4) is 0 Å². The summed E-state index contributed by atoms with van der Waals surface area (Å²) in [5, 5.41) is 3.55. The monoisotopic (exact) mass is 605 g/mol. The van der Waals surface area contributed by atoms with E-state index in [1.807, 2.05) is 0 Å². The number of benzene rings is 1. The average Bonchev–Trinajstić information content (AvgIpc) is 2.88. The number of nitrogens with zero attached hydrogens (tertiary/aromatic N) is 3. The molecule has 2 heterocycles. The molecule has 41 heavy (non-hydrogen) atoms. The van der Waals surface area contributed by atoms with Gasteiger partial charge in [0.05, 0.1) is 17.7 Å². The number of rotatable bonds is 8. The number of hydrogen-bond acceptors (Lipinski definition) is 6. The molecule has 8 nitrogen and oxygen atoms in total. The first-order chi connectivity index (χ1) is 19.1.